The van der Waals surface area contributed by atoms with Gasteiger partial charge in [0.25, 0.3) is 5.91 Å². The summed E-state index contributed by atoms with van der Waals surface area (Å²) in [5, 5.41) is 28.2. The Labute approximate surface area is 147 Å². The van der Waals surface area contributed by atoms with Gasteiger partial charge in [0.2, 0.25) is 0 Å². The number of nitrogens with zero attached hydrogens (tertiary/aromatic N) is 1. The quantitative estimate of drug-likeness (QED) is 0.652. The summed E-state index contributed by atoms with van der Waals surface area (Å²) in [5.41, 5.74) is 0.632. The Kier molecular flexibility index (Phi) is 6.73. The Morgan fingerprint density at radius 1 is 1.28 bits per heavy atom. The Balaban J connectivity index is 2.00. The monoisotopic (exact) mass is 347 g/mol. The third kappa shape index (κ3) is 5.41. The highest BCUT2D eigenvalue weighted by Crippen LogP contribution is 2.27. The molecule has 1 aliphatic rings. The number of carboxylic acids is 1. The lowest BCUT2D eigenvalue weighted by atomic mass is 10.0. The molecule has 6 nitrogen and oxygen atoms in total. The number of aliphatic hydroxyl groups excluding tert-OH is 2. The minimum atomic E-state index is -1.10. The van der Waals surface area contributed by atoms with Crippen molar-refractivity contribution in [3.05, 3.63) is 48.0 Å². The molecule has 0 bridgehead atoms. The topological polar surface area (TPSA) is 98.1 Å². The maximum Gasteiger partial charge on any atom is 0.305 e. The van der Waals surface area contributed by atoms with Crippen LogP contribution in [0.1, 0.15) is 36.5 Å². The summed E-state index contributed by atoms with van der Waals surface area (Å²) >= 11 is 0. The molecule has 1 aromatic carbocycles. The maximum atomic E-state index is 12.7. The predicted molar refractivity (Wildman–Crippen MR) is 93.1 cm³/mol. The van der Waals surface area contributed by atoms with Crippen LogP contribution in [0.4, 0.5) is 0 Å². The van der Waals surface area contributed by atoms with E-state index in [1.54, 1.807) is 29.2 Å². The molecule has 4 atom stereocenters. The van der Waals surface area contributed by atoms with Gasteiger partial charge in [0.1, 0.15) is 0 Å². The Morgan fingerprint density at radius 3 is 2.60 bits per heavy atom. The number of rotatable bonds is 7. The summed E-state index contributed by atoms with van der Waals surface area (Å²) in [7, 11) is 0. The first-order chi connectivity index (χ1) is 11.9. The summed E-state index contributed by atoms with van der Waals surface area (Å²) in [4.78, 5) is 25.0. The number of aliphatic hydroxyl groups is 2. The average molecular weight is 347 g/mol. The molecule has 1 aromatic rings. The zero-order valence-corrected chi connectivity index (χ0v) is 14.3. The van der Waals surface area contributed by atoms with Gasteiger partial charge >= 0.3 is 5.97 Å². The van der Waals surface area contributed by atoms with Gasteiger partial charge in [0.05, 0.1) is 24.7 Å². The fourth-order valence-electron chi connectivity index (χ4n) is 3.13. The molecule has 136 valence electrons. The zero-order valence-electron chi connectivity index (χ0n) is 14.3. The smallest absolute Gasteiger partial charge is 0.305 e. The number of carboxylic acid groups (broad SMARTS) is 1. The normalized spacial score (nSPS) is 22.9. The molecular formula is C19H25NO5. The van der Waals surface area contributed by atoms with Gasteiger partial charge in [-0.2, -0.15) is 0 Å². The second-order valence-corrected chi connectivity index (χ2v) is 6.56. The molecular weight excluding hydrogens is 322 g/mol. The van der Waals surface area contributed by atoms with Gasteiger partial charge in [-0.15, -0.1) is 0 Å². The van der Waals surface area contributed by atoms with E-state index in [0.29, 0.717) is 12.1 Å². The van der Waals surface area contributed by atoms with Crippen LogP contribution >= 0.6 is 0 Å². The molecule has 1 saturated heterocycles. The summed E-state index contributed by atoms with van der Waals surface area (Å²) in [5.74, 6) is -0.882. The lowest BCUT2D eigenvalue weighted by Gasteiger charge is -2.25. The third-order valence-corrected chi connectivity index (χ3v) is 4.50. The summed E-state index contributed by atoms with van der Waals surface area (Å²) in [6.45, 7) is 2.71. The molecule has 0 radical (unpaired) electrons. The first kappa shape index (κ1) is 19.1. The molecule has 6 heteroatoms. The van der Waals surface area contributed by atoms with Gasteiger partial charge in [-0.05, 0) is 24.5 Å². The van der Waals surface area contributed by atoms with Crippen molar-refractivity contribution in [3.8, 4) is 0 Å². The Morgan fingerprint density at radius 2 is 1.96 bits per heavy atom. The number of hydrogen-bond donors (Lipinski definition) is 3. The van der Waals surface area contributed by atoms with Crippen molar-refractivity contribution >= 4 is 11.9 Å². The van der Waals surface area contributed by atoms with Crippen molar-refractivity contribution in [1.29, 1.82) is 0 Å². The number of hydrogen-bond acceptors (Lipinski definition) is 4. The molecule has 0 aromatic heterocycles. The van der Waals surface area contributed by atoms with Crippen LogP contribution in [0.3, 0.4) is 0 Å². The van der Waals surface area contributed by atoms with Crippen molar-refractivity contribution in [2.24, 2.45) is 5.92 Å². The minimum Gasteiger partial charge on any atom is -0.481 e. The standard InChI is InChI=1S/C19H25NO5/c1-13-9-10-20(19(25)14-5-3-2-4-6-14)17(13)8-7-15(21)11-16(22)12-18(23)24/h2-8,13,15-17,21-22H,9-12H2,1H3,(H,23,24)/b8-7+/t13-,15-,16-,17-/m1/s1. The van der Waals surface area contributed by atoms with Gasteiger partial charge in [0.15, 0.2) is 0 Å². The fraction of sp³-hybridized carbons (Fsp3) is 0.474. The van der Waals surface area contributed by atoms with Crippen molar-refractivity contribution in [2.75, 3.05) is 6.54 Å². The van der Waals surface area contributed by atoms with Crippen molar-refractivity contribution < 1.29 is 24.9 Å². The fourth-order valence-corrected chi connectivity index (χ4v) is 3.13. The lowest BCUT2D eigenvalue weighted by molar-refractivity contribution is -0.139. The van der Waals surface area contributed by atoms with Gasteiger partial charge in [0, 0.05) is 18.5 Å². The van der Waals surface area contributed by atoms with E-state index in [1.807, 2.05) is 18.2 Å². The van der Waals surface area contributed by atoms with Crippen LogP contribution in [-0.2, 0) is 4.79 Å². The third-order valence-electron chi connectivity index (χ3n) is 4.50. The van der Waals surface area contributed by atoms with E-state index in [-0.39, 0.29) is 24.3 Å². The van der Waals surface area contributed by atoms with Gasteiger partial charge in [-0.25, -0.2) is 0 Å². The van der Waals surface area contributed by atoms with Crippen molar-refractivity contribution in [1.82, 2.24) is 4.90 Å². The Hall–Kier alpha value is -2.18. The second kappa shape index (κ2) is 8.78. The van der Waals surface area contributed by atoms with Crippen LogP contribution < -0.4 is 0 Å². The number of benzene rings is 1. The lowest BCUT2D eigenvalue weighted by Crippen LogP contribution is -2.36. The molecule has 3 N–H and O–H groups in total. The van der Waals surface area contributed by atoms with E-state index >= 15 is 0 Å². The predicted octanol–water partition coefficient (Wildman–Crippen LogP) is 1.68. The molecule has 1 heterocycles. The van der Waals surface area contributed by atoms with E-state index in [4.69, 9.17) is 5.11 Å². The first-order valence-electron chi connectivity index (χ1n) is 8.50. The number of carbonyl (C=O) groups is 2. The van der Waals surface area contributed by atoms with Crippen LogP contribution in [0.5, 0.6) is 0 Å². The summed E-state index contributed by atoms with van der Waals surface area (Å²) in [6, 6.07) is 8.95. The van der Waals surface area contributed by atoms with Crippen LogP contribution in [0, 0.1) is 5.92 Å². The van der Waals surface area contributed by atoms with Gasteiger partial charge in [-0.1, -0.05) is 37.3 Å². The van der Waals surface area contributed by atoms with Crippen LogP contribution in [0.2, 0.25) is 0 Å². The SMILES string of the molecule is C[C@@H]1CCN(C(=O)c2ccccc2)[C@@H]1/C=C/[C@@H](O)C[C@@H](O)CC(=O)O. The minimum absolute atomic E-state index is 0.0417. The molecule has 0 aliphatic carbocycles. The first-order valence-corrected chi connectivity index (χ1v) is 8.50. The molecule has 1 aliphatic heterocycles. The van der Waals surface area contributed by atoms with Crippen molar-refractivity contribution in [3.63, 3.8) is 0 Å². The molecule has 1 fully saturated rings. The maximum absolute atomic E-state index is 12.7. The molecule has 25 heavy (non-hydrogen) atoms. The van der Waals surface area contributed by atoms with Crippen LogP contribution in [0.25, 0.3) is 0 Å². The Bertz CT molecular complexity index is 616. The summed E-state index contributed by atoms with van der Waals surface area (Å²) in [6.07, 6.45) is 1.72. The van der Waals surface area contributed by atoms with Crippen LogP contribution in [0.15, 0.2) is 42.5 Å². The highest BCUT2D eigenvalue weighted by atomic mass is 16.4. The zero-order chi connectivity index (χ0) is 18.4. The highest BCUT2D eigenvalue weighted by molar-refractivity contribution is 5.94. The highest BCUT2D eigenvalue weighted by Gasteiger charge is 2.33. The molecule has 0 spiro atoms. The number of aliphatic carboxylic acids is 1. The molecule has 0 saturated carbocycles. The van der Waals surface area contributed by atoms with E-state index in [2.05, 4.69) is 6.92 Å². The number of carbonyl (C=O) groups excluding carboxylic acids is 1. The van der Waals surface area contributed by atoms with Crippen LogP contribution in [-0.4, -0.2) is 56.9 Å². The molecule has 2 rings (SSSR count). The number of likely N-dealkylation sites (tertiary alicyclic amines) is 1. The number of amides is 1. The van der Waals surface area contributed by atoms with Crippen molar-refractivity contribution in [2.45, 2.75) is 44.4 Å². The largest absolute Gasteiger partial charge is 0.481 e. The molecule has 0 unspecified atom stereocenters. The second-order valence-electron chi connectivity index (χ2n) is 6.56. The van der Waals surface area contributed by atoms with Gasteiger partial charge in [-0.3, -0.25) is 9.59 Å². The molecule has 1 amide bonds. The summed E-state index contributed by atoms with van der Waals surface area (Å²) < 4.78 is 0. The van der Waals surface area contributed by atoms with E-state index in [1.165, 1.54) is 0 Å². The van der Waals surface area contributed by atoms with E-state index in [0.717, 1.165) is 6.42 Å². The van der Waals surface area contributed by atoms with E-state index < -0.39 is 24.6 Å². The average Bonchev–Trinajstić information content (AvgIpc) is 2.93. The van der Waals surface area contributed by atoms with E-state index in [9.17, 15) is 19.8 Å². The van der Waals surface area contributed by atoms with Gasteiger partial charge < -0.3 is 20.2 Å².